The fourth-order valence-electron chi connectivity index (χ4n) is 3.77. The Morgan fingerprint density at radius 2 is 1.67 bits per heavy atom. The van der Waals surface area contributed by atoms with Gasteiger partial charge < -0.3 is 4.74 Å². The van der Waals surface area contributed by atoms with Crippen LogP contribution in [0.3, 0.4) is 0 Å². The fourth-order valence-corrected chi connectivity index (χ4v) is 3.77. The summed E-state index contributed by atoms with van der Waals surface area (Å²) < 4.78 is 18.7. The van der Waals surface area contributed by atoms with E-state index in [1.807, 2.05) is 0 Å². The molecule has 122 valence electrons. The maximum absolute atomic E-state index is 13.1. The lowest BCUT2D eigenvalue weighted by Crippen LogP contribution is -2.30. The minimum absolute atomic E-state index is 0.00989. The highest BCUT2D eigenvalue weighted by atomic mass is 19.1. The second-order valence-electron chi connectivity index (χ2n) is 7.02. The first-order chi connectivity index (χ1) is 10.2. The standard InChI is InChI=1S/C18H31FO2/c1-2-3-4-5-14-6-8-15(9-7-14)18(20)21-17-12-10-16(19)11-13-17/h14-17H,2-13H2,1H3. The first-order valence-electron chi connectivity index (χ1n) is 9.03. The summed E-state index contributed by atoms with van der Waals surface area (Å²) in [5, 5.41) is 0. The zero-order chi connectivity index (χ0) is 15.1. The Hall–Kier alpha value is -0.600. The number of ether oxygens (including phenoxy) is 1. The predicted octanol–water partition coefficient (Wildman–Crippen LogP) is 5.20. The molecule has 2 fully saturated rings. The molecule has 0 aromatic heterocycles. The smallest absolute Gasteiger partial charge is 0.309 e. The molecule has 0 spiro atoms. The number of carbonyl (C=O) groups excluding carboxylic acids is 1. The molecule has 0 atom stereocenters. The topological polar surface area (TPSA) is 26.3 Å². The van der Waals surface area contributed by atoms with Crippen molar-refractivity contribution in [3.63, 3.8) is 0 Å². The zero-order valence-corrected chi connectivity index (χ0v) is 13.5. The van der Waals surface area contributed by atoms with Crippen LogP contribution in [0, 0.1) is 11.8 Å². The predicted molar refractivity (Wildman–Crippen MR) is 82.8 cm³/mol. The van der Waals surface area contributed by atoms with E-state index in [1.165, 1.54) is 38.5 Å². The van der Waals surface area contributed by atoms with Crippen LogP contribution < -0.4 is 0 Å². The Morgan fingerprint density at radius 1 is 1.00 bits per heavy atom. The van der Waals surface area contributed by atoms with Crippen LogP contribution in [0.5, 0.6) is 0 Å². The van der Waals surface area contributed by atoms with Gasteiger partial charge in [-0.1, -0.05) is 32.6 Å². The van der Waals surface area contributed by atoms with E-state index in [4.69, 9.17) is 4.74 Å². The molecule has 2 aliphatic carbocycles. The molecule has 3 heteroatoms. The van der Waals surface area contributed by atoms with E-state index in [1.54, 1.807) is 0 Å². The van der Waals surface area contributed by atoms with Crippen LogP contribution in [0.2, 0.25) is 0 Å². The molecule has 0 heterocycles. The Morgan fingerprint density at radius 3 is 2.29 bits per heavy atom. The molecule has 0 amide bonds. The van der Waals surface area contributed by atoms with Gasteiger partial charge in [-0.3, -0.25) is 4.79 Å². The van der Waals surface area contributed by atoms with E-state index in [0.29, 0.717) is 25.7 Å². The van der Waals surface area contributed by atoms with E-state index in [2.05, 4.69) is 6.92 Å². The molecule has 0 aliphatic heterocycles. The molecule has 0 bridgehead atoms. The Balaban J connectivity index is 1.63. The fraction of sp³-hybridized carbons (Fsp3) is 0.944. The molecule has 2 aliphatic rings. The number of unbranched alkanes of at least 4 members (excludes halogenated alkanes) is 2. The van der Waals surface area contributed by atoms with Crippen molar-refractivity contribution >= 4 is 5.97 Å². The summed E-state index contributed by atoms with van der Waals surface area (Å²) >= 11 is 0. The SMILES string of the molecule is CCCCCC1CCC(C(=O)OC2CCC(F)CC2)CC1. The molecule has 2 saturated carbocycles. The summed E-state index contributed by atoms with van der Waals surface area (Å²) in [5.74, 6) is 0.919. The third-order valence-electron chi connectivity index (χ3n) is 5.28. The van der Waals surface area contributed by atoms with Crippen molar-refractivity contribution in [2.45, 2.75) is 96.2 Å². The summed E-state index contributed by atoms with van der Waals surface area (Å²) in [6.45, 7) is 2.24. The van der Waals surface area contributed by atoms with E-state index in [9.17, 15) is 9.18 Å². The molecule has 0 saturated heterocycles. The third-order valence-corrected chi connectivity index (χ3v) is 5.28. The quantitative estimate of drug-likeness (QED) is 0.498. The second kappa shape index (κ2) is 8.75. The molecule has 21 heavy (non-hydrogen) atoms. The first-order valence-corrected chi connectivity index (χ1v) is 9.03. The molecule has 0 N–H and O–H groups in total. The number of hydrogen-bond acceptors (Lipinski definition) is 2. The van der Waals surface area contributed by atoms with Gasteiger partial charge in [0.05, 0.1) is 5.92 Å². The molecular weight excluding hydrogens is 267 g/mol. The first kappa shape index (κ1) is 16.8. The van der Waals surface area contributed by atoms with Crippen molar-refractivity contribution in [1.29, 1.82) is 0 Å². The second-order valence-corrected chi connectivity index (χ2v) is 7.02. The molecule has 0 unspecified atom stereocenters. The monoisotopic (exact) mass is 298 g/mol. The highest BCUT2D eigenvalue weighted by Gasteiger charge is 2.30. The lowest BCUT2D eigenvalue weighted by atomic mass is 9.79. The van der Waals surface area contributed by atoms with Crippen molar-refractivity contribution in [2.24, 2.45) is 11.8 Å². The van der Waals surface area contributed by atoms with Crippen LogP contribution in [-0.4, -0.2) is 18.2 Å². The van der Waals surface area contributed by atoms with E-state index < -0.39 is 6.17 Å². The van der Waals surface area contributed by atoms with Gasteiger partial charge in [0.15, 0.2) is 0 Å². The maximum atomic E-state index is 13.1. The number of hydrogen-bond donors (Lipinski definition) is 0. The summed E-state index contributed by atoms with van der Waals surface area (Å²) in [6.07, 6.45) is 11.5. The van der Waals surface area contributed by atoms with Crippen LogP contribution in [0.25, 0.3) is 0 Å². The average molecular weight is 298 g/mol. The average Bonchev–Trinajstić information content (AvgIpc) is 2.50. The highest BCUT2D eigenvalue weighted by molar-refractivity contribution is 5.72. The van der Waals surface area contributed by atoms with Gasteiger partial charge in [-0.15, -0.1) is 0 Å². The van der Waals surface area contributed by atoms with Gasteiger partial charge in [-0.2, -0.15) is 0 Å². The van der Waals surface area contributed by atoms with Crippen molar-refractivity contribution in [3.8, 4) is 0 Å². The zero-order valence-electron chi connectivity index (χ0n) is 13.5. The van der Waals surface area contributed by atoms with Gasteiger partial charge in [0.1, 0.15) is 12.3 Å². The minimum atomic E-state index is -0.682. The van der Waals surface area contributed by atoms with Crippen molar-refractivity contribution < 1.29 is 13.9 Å². The Bertz CT molecular complexity index is 302. The van der Waals surface area contributed by atoms with Gasteiger partial charge in [0, 0.05) is 0 Å². The summed E-state index contributed by atoms with van der Waals surface area (Å²) in [5.41, 5.74) is 0. The summed E-state index contributed by atoms with van der Waals surface area (Å²) in [4.78, 5) is 12.2. The largest absolute Gasteiger partial charge is 0.462 e. The number of rotatable bonds is 6. The van der Waals surface area contributed by atoms with Crippen LogP contribution in [-0.2, 0) is 9.53 Å². The molecule has 0 radical (unpaired) electrons. The molecule has 0 aromatic carbocycles. The molecule has 2 rings (SSSR count). The van der Waals surface area contributed by atoms with Crippen LogP contribution in [0.4, 0.5) is 4.39 Å². The normalized spacial score (nSPS) is 33.6. The van der Waals surface area contributed by atoms with Crippen molar-refractivity contribution in [3.05, 3.63) is 0 Å². The Labute approximate surface area is 128 Å². The van der Waals surface area contributed by atoms with E-state index in [-0.39, 0.29) is 18.0 Å². The minimum Gasteiger partial charge on any atom is -0.462 e. The van der Waals surface area contributed by atoms with Gasteiger partial charge in [-0.05, 0) is 57.3 Å². The van der Waals surface area contributed by atoms with Crippen LogP contribution in [0.1, 0.15) is 84.0 Å². The van der Waals surface area contributed by atoms with Gasteiger partial charge in [-0.25, -0.2) is 4.39 Å². The number of alkyl halides is 1. The Kier molecular flexibility index (Phi) is 6.98. The van der Waals surface area contributed by atoms with Crippen molar-refractivity contribution in [1.82, 2.24) is 0 Å². The van der Waals surface area contributed by atoms with Crippen LogP contribution >= 0.6 is 0 Å². The summed E-state index contributed by atoms with van der Waals surface area (Å²) in [6, 6.07) is 0. The van der Waals surface area contributed by atoms with Gasteiger partial charge in [0.25, 0.3) is 0 Å². The van der Waals surface area contributed by atoms with E-state index >= 15 is 0 Å². The molecule has 2 nitrogen and oxygen atoms in total. The van der Waals surface area contributed by atoms with Gasteiger partial charge in [0.2, 0.25) is 0 Å². The molecular formula is C18H31FO2. The van der Waals surface area contributed by atoms with Gasteiger partial charge >= 0.3 is 5.97 Å². The number of esters is 1. The summed E-state index contributed by atoms with van der Waals surface area (Å²) in [7, 11) is 0. The lowest BCUT2D eigenvalue weighted by molar-refractivity contribution is -0.157. The lowest BCUT2D eigenvalue weighted by Gasteiger charge is -2.30. The molecule has 0 aromatic rings. The van der Waals surface area contributed by atoms with Crippen molar-refractivity contribution in [2.75, 3.05) is 0 Å². The maximum Gasteiger partial charge on any atom is 0.309 e. The van der Waals surface area contributed by atoms with Crippen LogP contribution in [0.15, 0.2) is 0 Å². The number of halogens is 1. The van der Waals surface area contributed by atoms with E-state index in [0.717, 1.165) is 18.8 Å². The highest BCUT2D eigenvalue weighted by Crippen LogP contribution is 2.33. The number of carbonyl (C=O) groups is 1. The third kappa shape index (κ3) is 5.60.